The third kappa shape index (κ3) is 5.34. The number of rotatable bonds is 7. The number of ether oxygens (including phenoxy) is 1. The van der Waals surface area contributed by atoms with Crippen molar-refractivity contribution in [1.82, 2.24) is 15.1 Å². The van der Waals surface area contributed by atoms with Gasteiger partial charge in [-0.15, -0.1) is 0 Å². The van der Waals surface area contributed by atoms with Crippen LogP contribution in [0.25, 0.3) is 0 Å². The molecule has 1 atom stereocenters. The molecule has 1 unspecified atom stereocenters. The van der Waals surface area contributed by atoms with Gasteiger partial charge in [-0.2, -0.15) is 0 Å². The van der Waals surface area contributed by atoms with Gasteiger partial charge in [-0.3, -0.25) is 4.79 Å². The number of amides is 2. The molecule has 0 spiro atoms. The van der Waals surface area contributed by atoms with Gasteiger partial charge in [-0.05, 0) is 13.1 Å². The van der Waals surface area contributed by atoms with Crippen molar-refractivity contribution >= 4 is 12.0 Å². The predicted octanol–water partition coefficient (Wildman–Crippen LogP) is 0.213. The number of morpholine rings is 1. The minimum Gasteiger partial charge on any atom is -0.481 e. The summed E-state index contributed by atoms with van der Waals surface area (Å²) in [5, 5.41) is 11.7. The number of carboxylic acids is 1. The molecule has 2 amide bonds. The van der Waals surface area contributed by atoms with Gasteiger partial charge < -0.3 is 25.0 Å². The second-order valence-corrected chi connectivity index (χ2v) is 4.78. The van der Waals surface area contributed by atoms with Crippen molar-refractivity contribution in [3.63, 3.8) is 0 Å². The Morgan fingerprint density at radius 1 is 1.40 bits per heavy atom. The van der Waals surface area contributed by atoms with Crippen LogP contribution in [0.15, 0.2) is 0 Å². The van der Waals surface area contributed by atoms with E-state index < -0.39 is 5.97 Å². The Bertz CT molecular complexity index is 321. The van der Waals surface area contributed by atoms with Crippen LogP contribution in [0.1, 0.15) is 20.3 Å². The largest absolute Gasteiger partial charge is 0.481 e. The number of hydrogen-bond donors (Lipinski definition) is 2. The topological polar surface area (TPSA) is 82.1 Å². The lowest BCUT2D eigenvalue weighted by molar-refractivity contribution is -0.139. The third-order valence-electron chi connectivity index (χ3n) is 3.50. The summed E-state index contributed by atoms with van der Waals surface area (Å²) in [4.78, 5) is 26.7. The molecule has 0 bridgehead atoms. The van der Waals surface area contributed by atoms with Gasteiger partial charge >= 0.3 is 12.0 Å². The molecule has 1 saturated heterocycles. The summed E-state index contributed by atoms with van der Waals surface area (Å²) >= 11 is 0. The lowest BCUT2D eigenvalue weighted by atomic mass is 10.1. The fourth-order valence-corrected chi connectivity index (χ4v) is 2.26. The highest BCUT2D eigenvalue weighted by Gasteiger charge is 2.28. The lowest BCUT2D eigenvalue weighted by Crippen LogP contribution is -2.53. The molecule has 0 aromatic carbocycles. The van der Waals surface area contributed by atoms with E-state index in [2.05, 4.69) is 24.1 Å². The molecule has 1 rings (SSSR count). The van der Waals surface area contributed by atoms with E-state index in [1.54, 1.807) is 4.90 Å². The van der Waals surface area contributed by atoms with Crippen molar-refractivity contribution in [2.24, 2.45) is 0 Å². The summed E-state index contributed by atoms with van der Waals surface area (Å²) in [7, 11) is 0. The van der Waals surface area contributed by atoms with Crippen molar-refractivity contribution in [2.75, 3.05) is 45.9 Å². The number of carboxylic acid groups (broad SMARTS) is 1. The van der Waals surface area contributed by atoms with E-state index in [9.17, 15) is 9.59 Å². The van der Waals surface area contributed by atoms with Gasteiger partial charge in [0.1, 0.15) is 0 Å². The molecule has 1 aliphatic heterocycles. The normalized spacial score (nSPS) is 19.1. The molecular weight excluding hydrogens is 262 g/mol. The van der Waals surface area contributed by atoms with Gasteiger partial charge in [0.05, 0.1) is 25.7 Å². The van der Waals surface area contributed by atoms with Crippen molar-refractivity contribution in [1.29, 1.82) is 0 Å². The highest BCUT2D eigenvalue weighted by molar-refractivity contribution is 5.76. The molecule has 0 aromatic heterocycles. The van der Waals surface area contributed by atoms with Crippen LogP contribution in [0.4, 0.5) is 4.79 Å². The van der Waals surface area contributed by atoms with Crippen LogP contribution in [0.5, 0.6) is 0 Å². The maximum Gasteiger partial charge on any atom is 0.317 e. The molecule has 1 aliphatic rings. The molecule has 20 heavy (non-hydrogen) atoms. The fourth-order valence-electron chi connectivity index (χ4n) is 2.26. The van der Waals surface area contributed by atoms with E-state index in [1.165, 1.54) is 0 Å². The maximum absolute atomic E-state index is 12.1. The van der Waals surface area contributed by atoms with Crippen molar-refractivity contribution in [3.05, 3.63) is 0 Å². The Balaban J connectivity index is 2.41. The zero-order chi connectivity index (χ0) is 15.0. The molecule has 7 nitrogen and oxygen atoms in total. The van der Waals surface area contributed by atoms with E-state index in [-0.39, 0.29) is 25.1 Å². The van der Waals surface area contributed by atoms with Gasteiger partial charge in [0.15, 0.2) is 0 Å². The van der Waals surface area contributed by atoms with E-state index >= 15 is 0 Å². The van der Waals surface area contributed by atoms with Crippen molar-refractivity contribution < 1.29 is 19.4 Å². The summed E-state index contributed by atoms with van der Waals surface area (Å²) in [6.45, 7) is 8.61. The first-order chi connectivity index (χ1) is 9.58. The van der Waals surface area contributed by atoms with Crippen molar-refractivity contribution in [2.45, 2.75) is 26.3 Å². The number of urea groups is 1. The van der Waals surface area contributed by atoms with Crippen molar-refractivity contribution in [3.8, 4) is 0 Å². The molecular formula is C13H25N3O4. The average molecular weight is 287 g/mol. The first-order valence-electron chi connectivity index (χ1n) is 7.14. The first kappa shape index (κ1) is 16.7. The number of nitrogens with one attached hydrogen (secondary N) is 1. The molecule has 2 N–H and O–H groups in total. The summed E-state index contributed by atoms with van der Waals surface area (Å²) in [5.41, 5.74) is 0. The molecule has 0 aliphatic carbocycles. The second-order valence-electron chi connectivity index (χ2n) is 4.78. The average Bonchev–Trinajstić information content (AvgIpc) is 2.43. The number of aliphatic carboxylic acids is 1. The minimum atomic E-state index is -0.915. The van der Waals surface area contributed by atoms with E-state index in [0.717, 1.165) is 19.6 Å². The van der Waals surface area contributed by atoms with E-state index in [0.29, 0.717) is 19.7 Å². The van der Waals surface area contributed by atoms with Crippen LogP contribution in [-0.4, -0.2) is 78.9 Å². The molecule has 0 aromatic rings. The smallest absolute Gasteiger partial charge is 0.317 e. The highest BCUT2D eigenvalue weighted by atomic mass is 16.5. The van der Waals surface area contributed by atoms with Crippen LogP contribution in [0.2, 0.25) is 0 Å². The molecule has 0 radical (unpaired) electrons. The van der Waals surface area contributed by atoms with Gasteiger partial charge in [0.2, 0.25) is 0 Å². The monoisotopic (exact) mass is 287 g/mol. The van der Waals surface area contributed by atoms with Crippen LogP contribution >= 0.6 is 0 Å². The Morgan fingerprint density at radius 3 is 2.70 bits per heavy atom. The molecule has 7 heteroatoms. The van der Waals surface area contributed by atoms with Gasteiger partial charge in [0, 0.05) is 19.6 Å². The summed E-state index contributed by atoms with van der Waals surface area (Å²) in [6, 6.07) is -0.582. The second kappa shape index (κ2) is 8.76. The Kier molecular flexibility index (Phi) is 7.32. The third-order valence-corrected chi connectivity index (χ3v) is 3.50. The summed E-state index contributed by atoms with van der Waals surface area (Å²) < 4.78 is 5.25. The SMILES string of the molecule is CCN(CC)CCNC(=O)N1CCOCC1CC(=O)O. The molecule has 1 heterocycles. The molecule has 0 saturated carbocycles. The zero-order valence-electron chi connectivity index (χ0n) is 12.3. The van der Waals surface area contributed by atoms with E-state index in [4.69, 9.17) is 9.84 Å². The van der Waals surface area contributed by atoms with Crippen LogP contribution in [0, 0.1) is 0 Å². The van der Waals surface area contributed by atoms with Gasteiger partial charge in [-0.1, -0.05) is 13.8 Å². The quantitative estimate of drug-likeness (QED) is 0.699. The summed E-state index contributed by atoms with van der Waals surface area (Å²) in [5.74, 6) is -0.915. The molecule has 116 valence electrons. The predicted molar refractivity (Wildman–Crippen MR) is 74.8 cm³/mol. The van der Waals surface area contributed by atoms with Gasteiger partial charge in [0.25, 0.3) is 0 Å². The molecule has 1 fully saturated rings. The Hall–Kier alpha value is -1.34. The lowest BCUT2D eigenvalue weighted by Gasteiger charge is -2.35. The number of nitrogens with zero attached hydrogens (tertiary/aromatic N) is 2. The fraction of sp³-hybridized carbons (Fsp3) is 0.846. The van der Waals surface area contributed by atoms with Gasteiger partial charge in [-0.25, -0.2) is 4.79 Å². The van der Waals surface area contributed by atoms with Crippen LogP contribution in [0.3, 0.4) is 0 Å². The van der Waals surface area contributed by atoms with Crippen LogP contribution in [-0.2, 0) is 9.53 Å². The van der Waals surface area contributed by atoms with Crippen LogP contribution < -0.4 is 5.32 Å². The first-order valence-corrected chi connectivity index (χ1v) is 7.14. The number of carbonyl (C=O) groups is 2. The summed E-state index contributed by atoms with van der Waals surface area (Å²) in [6.07, 6.45) is -0.0799. The minimum absolute atomic E-state index is 0.0799. The number of likely N-dealkylation sites (N-methyl/N-ethyl adjacent to an activating group) is 1. The number of hydrogen-bond acceptors (Lipinski definition) is 4. The van der Waals surface area contributed by atoms with E-state index in [1.807, 2.05) is 0 Å². The maximum atomic E-state index is 12.1. The number of carbonyl (C=O) groups excluding carboxylic acids is 1. The zero-order valence-corrected chi connectivity index (χ0v) is 12.3. The highest BCUT2D eigenvalue weighted by Crippen LogP contribution is 2.10. The Morgan fingerprint density at radius 2 is 2.10 bits per heavy atom. The Labute approximate surface area is 119 Å². The standard InChI is InChI=1S/C13H25N3O4/c1-3-15(4-2)6-5-14-13(19)16-7-8-20-10-11(16)9-12(17)18/h11H,3-10H2,1-2H3,(H,14,19)(H,17,18).